The van der Waals surface area contributed by atoms with E-state index in [0.717, 1.165) is 21.4 Å². The Morgan fingerprint density at radius 2 is 2.08 bits per heavy atom. The average Bonchev–Trinajstić information content (AvgIpc) is 2.15. The maximum absolute atomic E-state index is 5.97. The molecule has 1 heterocycles. The minimum Gasteiger partial charge on any atom is -0.397 e. The second-order valence-electron chi connectivity index (χ2n) is 3.17. The Morgan fingerprint density at radius 3 is 2.85 bits per heavy atom. The van der Waals surface area contributed by atoms with Crippen molar-refractivity contribution in [2.75, 3.05) is 5.32 Å². The fraction of sp³-hybridized carbons (Fsp3) is 0.200. The van der Waals surface area contributed by atoms with Gasteiger partial charge < -0.3 is 11.1 Å². The topological polar surface area (TPSA) is 38.0 Å². The van der Waals surface area contributed by atoms with Gasteiger partial charge in [-0.25, -0.2) is 0 Å². The Balaban J connectivity index is 2.59. The Kier molecular flexibility index (Phi) is 2.04. The predicted molar refractivity (Wildman–Crippen MR) is 59.6 cm³/mol. The molecule has 0 amide bonds. The second kappa shape index (κ2) is 3.07. The maximum Gasteiger partial charge on any atom is 0.0572 e. The van der Waals surface area contributed by atoms with Crippen LogP contribution in [0.15, 0.2) is 28.7 Å². The van der Waals surface area contributed by atoms with Gasteiger partial charge in [0.2, 0.25) is 0 Å². The normalized spacial score (nSPS) is 20.9. The zero-order valence-corrected chi connectivity index (χ0v) is 8.93. The van der Waals surface area contributed by atoms with Gasteiger partial charge in [0.15, 0.2) is 0 Å². The quantitative estimate of drug-likeness (QED) is 0.730. The number of hydrogen-bond donors (Lipinski definition) is 2. The molecule has 3 heteroatoms. The zero-order chi connectivity index (χ0) is 9.42. The molecule has 0 spiro atoms. The molecule has 2 nitrogen and oxygen atoms in total. The molecular formula is C10H11BrN2. The molecule has 0 aromatic heterocycles. The molecule has 1 aliphatic rings. The fourth-order valence-electron chi connectivity index (χ4n) is 1.50. The average molecular weight is 239 g/mol. The van der Waals surface area contributed by atoms with E-state index in [2.05, 4.69) is 28.2 Å². The van der Waals surface area contributed by atoms with Crippen LogP contribution in [0, 0.1) is 0 Å². The SMILES string of the molecule is CC1Nc2ccccc2C(N)=C1Br. The first kappa shape index (κ1) is 8.63. The summed E-state index contributed by atoms with van der Waals surface area (Å²) in [4.78, 5) is 0. The van der Waals surface area contributed by atoms with E-state index >= 15 is 0 Å². The molecule has 0 saturated heterocycles. The number of nitrogens with one attached hydrogen (secondary N) is 1. The van der Waals surface area contributed by atoms with E-state index in [1.165, 1.54) is 0 Å². The molecule has 13 heavy (non-hydrogen) atoms. The maximum atomic E-state index is 5.97. The summed E-state index contributed by atoms with van der Waals surface area (Å²) in [5.41, 5.74) is 8.99. The van der Waals surface area contributed by atoms with E-state index in [1.807, 2.05) is 24.3 Å². The first-order valence-corrected chi connectivity index (χ1v) is 5.00. The summed E-state index contributed by atoms with van der Waals surface area (Å²) in [7, 11) is 0. The number of benzene rings is 1. The molecule has 0 saturated carbocycles. The molecule has 0 bridgehead atoms. The number of nitrogens with two attached hydrogens (primary N) is 1. The van der Waals surface area contributed by atoms with E-state index in [4.69, 9.17) is 5.73 Å². The number of fused-ring (bicyclic) bond motifs is 1. The van der Waals surface area contributed by atoms with Gasteiger partial charge >= 0.3 is 0 Å². The van der Waals surface area contributed by atoms with E-state index in [9.17, 15) is 0 Å². The standard InChI is InChI=1S/C10H11BrN2/c1-6-9(11)10(12)7-4-2-3-5-8(7)13-6/h2-6,13H,12H2,1H3. The van der Waals surface area contributed by atoms with E-state index in [-0.39, 0.29) is 6.04 Å². The summed E-state index contributed by atoms with van der Waals surface area (Å²) in [5.74, 6) is 0. The van der Waals surface area contributed by atoms with Gasteiger partial charge in [0.1, 0.15) is 0 Å². The van der Waals surface area contributed by atoms with Crippen LogP contribution in [0.4, 0.5) is 5.69 Å². The van der Waals surface area contributed by atoms with Crippen molar-refractivity contribution in [3.63, 3.8) is 0 Å². The van der Waals surface area contributed by atoms with Crippen LogP contribution < -0.4 is 11.1 Å². The highest BCUT2D eigenvalue weighted by molar-refractivity contribution is 9.11. The highest BCUT2D eigenvalue weighted by Crippen LogP contribution is 2.32. The summed E-state index contributed by atoms with van der Waals surface area (Å²) in [6, 6.07) is 8.31. The smallest absolute Gasteiger partial charge is 0.0572 e. The molecule has 1 atom stereocenters. The van der Waals surface area contributed by atoms with E-state index < -0.39 is 0 Å². The van der Waals surface area contributed by atoms with Crippen LogP contribution in [-0.2, 0) is 0 Å². The van der Waals surface area contributed by atoms with Crippen molar-refractivity contribution in [1.29, 1.82) is 0 Å². The summed E-state index contributed by atoms with van der Waals surface area (Å²) in [6.07, 6.45) is 0. The van der Waals surface area contributed by atoms with Gasteiger partial charge in [-0.05, 0) is 13.0 Å². The van der Waals surface area contributed by atoms with Crippen molar-refractivity contribution in [2.45, 2.75) is 13.0 Å². The van der Waals surface area contributed by atoms with Gasteiger partial charge in [-0.1, -0.05) is 34.1 Å². The van der Waals surface area contributed by atoms with Gasteiger partial charge in [-0.2, -0.15) is 0 Å². The molecule has 1 aromatic carbocycles. The molecule has 3 N–H and O–H groups in total. The summed E-state index contributed by atoms with van der Waals surface area (Å²) in [6.45, 7) is 2.08. The summed E-state index contributed by atoms with van der Waals surface area (Å²) >= 11 is 3.48. The third-order valence-corrected chi connectivity index (χ3v) is 3.34. The van der Waals surface area contributed by atoms with Crippen molar-refractivity contribution in [3.05, 3.63) is 34.3 Å². The van der Waals surface area contributed by atoms with E-state index in [0.29, 0.717) is 0 Å². The molecular weight excluding hydrogens is 228 g/mol. The molecule has 1 unspecified atom stereocenters. The van der Waals surface area contributed by atoms with Crippen molar-refractivity contribution < 1.29 is 0 Å². The Morgan fingerprint density at radius 1 is 1.38 bits per heavy atom. The number of para-hydroxylation sites is 1. The highest BCUT2D eigenvalue weighted by Gasteiger charge is 2.19. The molecule has 68 valence electrons. The van der Waals surface area contributed by atoms with Crippen LogP contribution >= 0.6 is 15.9 Å². The minimum atomic E-state index is 0.259. The molecule has 0 fully saturated rings. The predicted octanol–water partition coefficient (Wildman–Crippen LogP) is 2.52. The van der Waals surface area contributed by atoms with Crippen LogP contribution in [-0.4, -0.2) is 6.04 Å². The molecule has 1 aliphatic heterocycles. The monoisotopic (exact) mass is 238 g/mol. The lowest BCUT2D eigenvalue weighted by Gasteiger charge is -2.25. The van der Waals surface area contributed by atoms with Gasteiger partial charge in [0.05, 0.1) is 11.7 Å². The molecule has 0 radical (unpaired) electrons. The minimum absolute atomic E-state index is 0.259. The number of rotatable bonds is 0. The Hall–Kier alpha value is -0.960. The first-order valence-electron chi connectivity index (χ1n) is 4.21. The van der Waals surface area contributed by atoms with Crippen LogP contribution in [0.1, 0.15) is 12.5 Å². The van der Waals surface area contributed by atoms with Gasteiger partial charge in [-0.15, -0.1) is 0 Å². The lowest BCUT2D eigenvalue weighted by atomic mass is 10.0. The molecule has 2 rings (SSSR count). The van der Waals surface area contributed by atoms with Gasteiger partial charge in [-0.3, -0.25) is 0 Å². The van der Waals surface area contributed by atoms with Gasteiger partial charge in [0.25, 0.3) is 0 Å². The van der Waals surface area contributed by atoms with Crippen LogP contribution in [0.5, 0.6) is 0 Å². The van der Waals surface area contributed by atoms with Gasteiger partial charge in [0, 0.05) is 15.7 Å². The van der Waals surface area contributed by atoms with Crippen LogP contribution in [0.3, 0.4) is 0 Å². The summed E-state index contributed by atoms with van der Waals surface area (Å²) < 4.78 is 1.03. The zero-order valence-electron chi connectivity index (χ0n) is 7.34. The third kappa shape index (κ3) is 1.33. The largest absolute Gasteiger partial charge is 0.397 e. The van der Waals surface area contributed by atoms with Crippen molar-refractivity contribution in [1.82, 2.24) is 0 Å². The number of anilines is 1. The van der Waals surface area contributed by atoms with E-state index in [1.54, 1.807) is 0 Å². The lowest BCUT2D eigenvalue weighted by Crippen LogP contribution is -2.23. The van der Waals surface area contributed by atoms with Crippen LogP contribution in [0.25, 0.3) is 5.70 Å². The van der Waals surface area contributed by atoms with Crippen molar-refractivity contribution in [2.24, 2.45) is 5.73 Å². The van der Waals surface area contributed by atoms with Crippen LogP contribution in [0.2, 0.25) is 0 Å². The highest BCUT2D eigenvalue weighted by atomic mass is 79.9. The molecule has 1 aromatic rings. The number of halogens is 1. The third-order valence-electron chi connectivity index (χ3n) is 2.23. The number of hydrogen-bond acceptors (Lipinski definition) is 2. The molecule has 0 aliphatic carbocycles. The fourth-order valence-corrected chi connectivity index (χ4v) is 1.83. The van der Waals surface area contributed by atoms with Crippen molar-refractivity contribution in [3.8, 4) is 0 Å². The first-order chi connectivity index (χ1) is 6.20. The Bertz CT molecular complexity index is 371. The Labute approximate surface area is 86.0 Å². The second-order valence-corrected chi connectivity index (χ2v) is 4.03. The summed E-state index contributed by atoms with van der Waals surface area (Å²) in [5, 5.41) is 3.36. The lowest BCUT2D eigenvalue weighted by molar-refractivity contribution is 0.970. The van der Waals surface area contributed by atoms with Crippen molar-refractivity contribution >= 4 is 27.3 Å².